The van der Waals surface area contributed by atoms with Crippen molar-refractivity contribution in [1.29, 1.82) is 0 Å². The van der Waals surface area contributed by atoms with Gasteiger partial charge < -0.3 is 5.32 Å². The maximum absolute atomic E-state index is 13.3. The Labute approximate surface area is 188 Å². The van der Waals surface area contributed by atoms with Crippen molar-refractivity contribution >= 4 is 34.3 Å². The van der Waals surface area contributed by atoms with Gasteiger partial charge in [-0.2, -0.15) is 0 Å². The fourth-order valence-electron chi connectivity index (χ4n) is 3.27. The Kier molecular flexibility index (Phi) is 6.47. The third kappa shape index (κ3) is 4.63. The second kappa shape index (κ2) is 9.62. The van der Waals surface area contributed by atoms with Crippen LogP contribution >= 0.6 is 11.8 Å². The summed E-state index contributed by atoms with van der Waals surface area (Å²) in [5.41, 5.74) is 1.60. The number of carbonyl (C=O) groups is 1. The Morgan fingerprint density at radius 2 is 1.75 bits per heavy atom. The summed E-state index contributed by atoms with van der Waals surface area (Å²) in [4.78, 5) is 31.0. The molecular formula is C25H20FN3O2S. The van der Waals surface area contributed by atoms with E-state index >= 15 is 0 Å². The van der Waals surface area contributed by atoms with E-state index in [2.05, 4.69) is 16.9 Å². The number of rotatable bonds is 7. The molecule has 32 heavy (non-hydrogen) atoms. The van der Waals surface area contributed by atoms with Crippen LogP contribution in [0.5, 0.6) is 0 Å². The van der Waals surface area contributed by atoms with Crippen LogP contribution in [-0.2, 0) is 11.3 Å². The monoisotopic (exact) mass is 445 g/mol. The molecule has 7 heteroatoms. The summed E-state index contributed by atoms with van der Waals surface area (Å²) in [5.74, 6) is -0.689. The number of amides is 1. The van der Waals surface area contributed by atoms with Crippen LogP contribution in [0.25, 0.3) is 10.9 Å². The van der Waals surface area contributed by atoms with E-state index in [1.165, 1.54) is 40.6 Å². The number of halogens is 1. The smallest absolute Gasteiger partial charge is 0.262 e. The van der Waals surface area contributed by atoms with Crippen molar-refractivity contribution < 1.29 is 9.18 Å². The Morgan fingerprint density at radius 3 is 2.47 bits per heavy atom. The zero-order valence-electron chi connectivity index (χ0n) is 17.1. The highest BCUT2D eigenvalue weighted by Crippen LogP contribution is 2.35. The van der Waals surface area contributed by atoms with Crippen LogP contribution in [0.3, 0.4) is 0 Å². The molecule has 0 saturated heterocycles. The van der Waals surface area contributed by atoms with Gasteiger partial charge in [0.05, 0.1) is 10.9 Å². The molecule has 1 N–H and O–H groups in total. The maximum atomic E-state index is 13.3. The third-order valence-electron chi connectivity index (χ3n) is 4.81. The summed E-state index contributed by atoms with van der Waals surface area (Å²) in [5, 5.41) is 3.06. The van der Waals surface area contributed by atoms with Crippen molar-refractivity contribution in [3.05, 3.63) is 113 Å². The number of carbonyl (C=O) groups excluding carboxylic acids is 1. The molecule has 0 aliphatic rings. The number of hydrogen-bond donors (Lipinski definition) is 1. The Balaban J connectivity index is 1.76. The molecule has 1 amide bonds. The first-order chi connectivity index (χ1) is 15.6. The van der Waals surface area contributed by atoms with Crippen molar-refractivity contribution in [3.63, 3.8) is 0 Å². The number of anilines is 1. The van der Waals surface area contributed by atoms with Gasteiger partial charge in [-0.05, 0) is 42.0 Å². The molecule has 3 aromatic carbocycles. The highest BCUT2D eigenvalue weighted by atomic mass is 32.2. The van der Waals surface area contributed by atoms with Crippen LogP contribution in [0.4, 0.5) is 10.1 Å². The second-order valence-electron chi connectivity index (χ2n) is 7.02. The Hall–Kier alpha value is -3.71. The van der Waals surface area contributed by atoms with E-state index in [0.717, 1.165) is 5.56 Å². The fourth-order valence-corrected chi connectivity index (χ4v) is 4.38. The van der Waals surface area contributed by atoms with Crippen molar-refractivity contribution in [2.45, 2.75) is 17.0 Å². The number of thioether (sulfide) groups is 1. The van der Waals surface area contributed by atoms with Crippen molar-refractivity contribution in [2.24, 2.45) is 0 Å². The zero-order chi connectivity index (χ0) is 22.5. The number of para-hydroxylation sites is 1. The average molecular weight is 446 g/mol. The van der Waals surface area contributed by atoms with Gasteiger partial charge in [-0.15, -0.1) is 6.58 Å². The van der Waals surface area contributed by atoms with Gasteiger partial charge in [0.2, 0.25) is 5.91 Å². The molecule has 0 aliphatic heterocycles. The molecule has 1 heterocycles. The fraction of sp³-hybridized carbons (Fsp3) is 0.0800. The molecule has 0 bridgehead atoms. The molecule has 0 unspecified atom stereocenters. The van der Waals surface area contributed by atoms with E-state index in [9.17, 15) is 14.0 Å². The molecule has 4 aromatic rings. The molecule has 0 radical (unpaired) electrons. The third-order valence-corrected chi connectivity index (χ3v) is 6.06. The molecule has 4 rings (SSSR count). The lowest BCUT2D eigenvalue weighted by molar-refractivity contribution is -0.115. The standard InChI is InChI=1S/C25H20FN3O2S/c1-2-16-29-24(31)20-10-6-7-11-21(20)28-25(29)32-22(17-8-4-3-5-9-17)23(30)27-19-14-12-18(26)13-15-19/h2-15,22H,1,16H2,(H,27,30)/t22-/m0/s1. The summed E-state index contributed by atoms with van der Waals surface area (Å²) in [6, 6.07) is 21.9. The number of aromatic nitrogens is 2. The molecule has 0 fully saturated rings. The van der Waals surface area contributed by atoms with E-state index in [1.54, 1.807) is 24.3 Å². The Morgan fingerprint density at radius 1 is 1.06 bits per heavy atom. The minimum absolute atomic E-state index is 0.191. The van der Waals surface area contributed by atoms with Gasteiger partial charge in [-0.25, -0.2) is 9.37 Å². The summed E-state index contributed by atoms with van der Waals surface area (Å²) < 4.78 is 14.8. The first kappa shape index (κ1) is 21.5. The van der Waals surface area contributed by atoms with Crippen molar-refractivity contribution in [1.82, 2.24) is 9.55 Å². The lowest BCUT2D eigenvalue weighted by atomic mass is 10.1. The minimum Gasteiger partial charge on any atom is -0.325 e. The number of nitrogens with one attached hydrogen (secondary N) is 1. The number of hydrogen-bond acceptors (Lipinski definition) is 4. The van der Waals surface area contributed by atoms with Crippen LogP contribution in [0, 0.1) is 5.82 Å². The molecule has 1 atom stereocenters. The Bertz CT molecular complexity index is 1320. The maximum Gasteiger partial charge on any atom is 0.262 e. The van der Waals surface area contributed by atoms with Crippen LogP contribution in [0.15, 0.2) is 101 Å². The number of allylic oxidation sites excluding steroid dienone is 1. The summed E-state index contributed by atoms with van der Waals surface area (Å²) >= 11 is 1.19. The number of nitrogens with zero attached hydrogens (tertiary/aromatic N) is 2. The normalized spacial score (nSPS) is 11.8. The van der Waals surface area contributed by atoms with E-state index in [1.807, 2.05) is 36.4 Å². The second-order valence-corrected chi connectivity index (χ2v) is 8.09. The van der Waals surface area contributed by atoms with Gasteiger partial charge in [0.1, 0.15) is 11.1 Å². The van der Waals surface area contributed by atoms with E-state index in [4.69, 9.17) is 0 Å². The summed E-state index contributed by atoms with van der Waals surface area (Å²) in [7, 11) is 0. The first-order valence-corrected chi connectivity index (χ1v) is 10.8. The summed E-state index contributed by atoms with van der Waals surface area (Å²) in [6.07, 6.45) is 1.62. The highest BCUT2D eigenvalue weighted by Gasteiger charge is 2.25. The molecule has 0 spiro atoms. The van der Waals surface area contributed by atoms with Gasteiger partial charge in [-0.1, -0.05) is 60.3 Å². The topological polar surface area (TPSA) is 64.0 Å². The largest absolute Gasteiger partial charge is 0.325 e. The minimum atomic E-state index is -0.689. The number of benzene rings is 3. The van der Waals surface area contributed by atoms with E-state index in [0.29, 0.717) is 21.7 Å². The first-order valence-electron chi connectivity index (χ1n) is 9.95. The predicted octanol–water partition coefficient (Wildman–Crippen LogP) is 5.19. The van der Waals surface area contributed by atoms with E-state index in [-0.39, 0.29) is 23.8 Å². The lowest BCUT2D eigenvalue weighted by Crippen LogP contribution is -2.25. The molecule has 5 nitrogen and oxygen atoms in total. The van der Waals surface area contributed by atoms with Gasteiger partial charge in [-0.3, -0.25) is 14.2 Å². The van der Waals surface area contributed by atoms with Crippen molar-refractivity contribution in [2.75, 3.05) is 5.32 Å². The quantitative estimate of drug-likeness (QED) is 0.241. The van der Waals surface area contributed by atoms with E-state index < -0.39 is 5.25 Å². The van der Waals surface area contributed by atoms with Crippen LogP contribution < -0.4 is 10.9 Å². The molecule has 1 aromatic heterocycles. The molecule has 0 saturated carbocycles. The summed E-state index contributed by atoms with van der Waals surface area (Å²) in [6.45, 7) is 4.01. The van der Waals surface area contributed by atoms with Gasteiger partial charge >= 0.3 is 0 Å². The molecule has 0 aliphatic carbocycles. The van der Waals surface area contributed by atoms with Crippen LogP contribution in [0.1, 0.15) is 10.8 Å². The highest BCUT2D eigenvalue weighted by molar-refractivity contribution is 8.00. The predicted molar refractivity (Wildman–Crippen MR) is 126 cm³/mol. The van der Waals surface area contributed by atoms with Crippen LogP contribution in [0.2, 0.25) is 0 Å². The van der Waals surface area contributed by atoms with Gasteiger partial charge in [0, 0.05) is 12.2 Å². The molecule has 160 valence electrons. The number of fused-ring (bicyclic) bond motifs is 1. The SMILES string of the molecule is C=CCn1c(S[C@H](C(=O)Nc2ccc(F)cc2)c2ccccc2)nc2ccccc2c1=O. The lowest BCUT2D eigenvalue weighted by Gasteiger charge is -2.19. The van der Waals surface area contributed by atoms with Gasteiger partial charge in [0.25, 0.3) is 5.56 Å². The van der Waals surface area contributed by atoms with Crippen LogP contribution in [-0.4, -0.2) is 15.5 Å². The average Bonchev–Trinajstić information content (AvgIpc) is 2.82. The van der Waals surface area contributed by atoms with Gasteiger partial charge in [0.15, 0.2) is 5.16 Å². The molecular weight excluding hydrogens is 425 g/mol. The zero-order valence-corrected chi connectivity index (χ0v) is 17.9. The van der Waals surface area contributed by atoms with Crippen molar-refractivity contribution in [3.8, 4) is 0 Å².